The van der Waals surface area contributed by atoms with Gasteiger partial charge in [-0.3, -0.25) is 9.89 Å². The molecule has 4 rings (SSSR count). The molecule has 0 aliphatic carbocycles. The van der Waals surface area contributed by atoms with Gasteiger partial charge >= 0.3 is 6.61 Å². The van der Waals surface area contributed by atoms with Crippen LogP contribution in [-0.2, 0) is 19.6 Å². The fourth-order valence-electron chi connectivity index (χ4n) is 3.86. The Bertz CT molecular complexity index is 932. The smallest absolute Gasteiger partial charge is 0.387 e. The summed E-state index contributed by atoms with van der Waals surface area (Å²) in [5.41, 5.74) is 2.96. The van der Waals surface area contributed by atoms with Crippen LogP contribution in [0.3, 0.4) is 0 Å². The molecule has 0 unspecified atom stereocenters. The number of guanidine groups is 1. The normalized spacial score (nSPS) is 15.9. The molecule has 0 spiro atoms. The number of hydrogen-bond acceptors (Lipinski definition) is 5. The Morgan fingerprint density at radius 1 is 1.03 bits per heavy atom. The SMILES string of the molecule is CN=C(NCc1ccc(CN2CCCC2)cc1)NCc1cc2c(cc1OC(F)F)OCO2. The average Bonchev–Trinajstić information content (AvgIpc) is 3.46. The molecule has 0 radical (unpaired) electrons. The van der Waals surface area contributed by atoms with Gasteiger partial charge in [0.25, 0.3) is 0 Å². The zero-order chi connectivity index (χ0) is 22.3. The van der Waals surface area contributed by atoms with Gasteiger partial charge in [0.05, 0.1) is 0 Å². The minimum Gasteiger partial charge on any atom is -0.454 e. The molecule has 7 nitrogen and oxygen atoms in total. The van der Waals surface area contributed by atoms with E-state index < -0.39 is 6.61 Å². The first kappa shape index (κ1) is 22.1. The Morgan fingerprint density at radius 3 is 2.38 bits per heavy atom. The Labute approximate surface area is 186 Å². The highest BCUT2D eigenvalue weighted by atomic mass is 19.3. The average molecular weight is 446 g/mol. The summed E-state index contributed by atoms with van der Waals surface area (Å²) in [6, 6.07) is 11.6. The number of rotatable bonds is 8. The van der Waals surface area contributed by atoms with Crippen molar-refractivity contribution in [2.45, 2.75) is 39.1 Å². The van der Waals surface area contributed by atoms with Gasteiger partial charge < -0.3 is 24.8 Å². The molecule has 0 bridgehead atoms. The Morgan fingerprint density at radius 2 is 1.69 bits per heavy atom. The van der Waals surface area contributed by atoms with Crippen LogP contribution in [0.4, 0.5) is 8.78 Å². The maximum Gasteiger partial charge on any atom is 0.387 e. The number of likely N-dealkylation sites (tertiary alicyclic amines) is 1. The Hall–Kier alpha value is -3.07. The van der Waals surface area contributed by atoms with Crippen LogP contribution in [-0.4, -0.2) is 44.4 Å². The number of alkyl halides is 2. The highest BCUT2D eigenvalue weighted by molar-refractivity contribution is 5.79. The van der Waals surface area contributed by atoms with E-state index in [9.17, 15) is 8.78 Å². The Kier molecular flexibility index (Phi) is 7.26. The number of halogens is 2. The molecule has 0 aromatic heterocycles. The van der Waals surface area contributed by atoms with E-state index >= 15 is 0 Å². The number of fused-ring (bicyclic) bond motifs is 1. The second-order valence-electron chi connectivity index (χ2n) is 7.77. The molecular formula is C23H28F2N4O3. The second-order valence-corrected chi connectivity index (χ2v) is 7.77. The first-order valence-corrected chi connectivity index (χ1v) is 10.7. The molecule has 0 atom stereocenters. The van der Waals surface area contributed by atoms with Crippen molar-refractivity contribution in [3.8, 4) is 17.2 Å². The van der Waals surface area contributed by atoms with Gasteiger partial charge in [-0.1, -0.05) is 24.3 Å². The zero-order valence-electron chi connectivity index (χ0n) is 18.1. The van der Waals surface area contributed by atoms with Crippen molar-refractivity contribution in [2.75, 3.05) is 26.9 Å². The van der Waals surface area contributed by atoms with Crippen LogP contribution in [0.2, 0.25) is 0 Å². The molecule has 2 aliphatic heterocycles. The van der Waals surface area contributed by atoms with E-state index in [0.717, 1.165) is 12.1 Å². The molecule has 2 N–H and O–H groups in total. The van der Waals surface area contributed by atoms with E-state index in [0.29, 0.717) is 29.6 Å². The fraction of sp³-hybridized carbons (Fsp3) is 0.435. The lowest BCUT2D eigenvalue weighted by molar-refractivity contribution is -0.0505. The second kappa shape index (κ2) is 10.5. The number of nitrogens with one attached hydrogen (secondary N) is 2. The minimum absolute atomic E-state index is 0.0424. The minimum atomic E-state index is -2.93. The first-order valence-electron chi connectivity index (χ1n) is 10.7. The van der Waals surface area contributed by atoms with Crippen LogP contribution in [0.1, 0.15) is 29.5 Å². The number of hydrogen-bond donors (Lipinski definition) is 2. The monoisotopic (exact) mass is 446 g/mol. The van der Waals surface area contributed by atoms with Gasteiger partial charge in [0.15, 0.2) is 17.5 Å². The lowest BCUT2D eigenvalue weighted by Crippen LogP contribution is -2.36. The van der Waals surface area contributed by atoms with E-state index in [1.54, 1.807) is 13.1 Å². The lowest BCUT2D eigenvalue weighted by atomic mass is 10.1. The predicted molar refractivity (Wildman–Crippen MR) is 117 cm³/mol. The van der Waals surface area contributed by atoms with Gasteiger partial charge in [0, 0.05) is 38.3 Å². The highest BCUT2D eigenvalue weighted by Gasteiger charge is 2.20. The highest BCUT2D eigenvalue weighted by Crippen LogP contribution is 2.38. The topological polar surface area (TPSA) is 67.4 Å². The van der Waals surface area contributed by atoms with Crippen LogP contribution < -0.4 is 24.8 Å². The summed E-state index contributed by atoms with van der Waals surface area (Å²) < 4.78 is 40.9. The molecule has 172 valence electrons. The van der Waals surface area contributed by atoms with Crippen molar-refractivity contribution < 1.29 is 23.0 Å². The van der Waals surface area contributed by atoms with Crippen molar-refractivity contribution in [3.05, 3.63) is 53.1 Å². The van der Waals surface area contributed by atoms with Crippen LogP contribution in [0.25, 0.3) is 0 Å². The summed E-state index contributed by atoms with van der Waals surface area (Å²) in [4.78, 5) is 6.68. The summed E-state index contributed by atoms with van der Waals surface area (Å²) >= 11 is 0. The fourth-order valence-corrected chi connectivity index (χ4v) is 3.86. The third kappa shape index (κ3) is 5.79. The molecular weight excluding hydrogens is 418 g/mol. The van der Waals surface area contributed by atoms with Crippen molar-refractivity contribution in [3.63, 3.8) is 0 Å². The summed E-state index contributed by atoms with van der Waals surface area (Å²) in [6.07, 6.45) is 2.58. The van der Waals surface area contributed by atoms with Crippen molar-refractivity contribution >= 4 is 5.96 Å². The van der Waals surface area contributed by atoms with Gasteiger partial charge in [0.2, 0.25) is 6.79 Å². The summed E-state index contributed by atoms with van der Waals surface area (Å²) in [7, 11) is 1.66. The third-order valence-electron chi connectivity index (χ3n) is 5.53. The van der Waals surface area contributed by atoms with E-state index in [1.807, 2.05) is 0 Å². The van der Waals surface area contributed by atoms with Gasteiger partial charge in [-0.15, -0.1) is 0 Å². The molecule has 2 aliphatic rings. The summed E-state index contributed by atoms with van der Waals surface area (Å²) in [6.45, 7) is 1.30. The predicted octanol–water partition coefficient (Wildman–Crippen LogP) is 3.48. The molecule has 1 saturated heterocycles. The lowest BCUT2D eigenvalue weighted by Gasteiger charge is -2.16. The molecule has 0 saturated carbocycles. The molecule has 2 aromatic carbocycles. The van der Waals surface area contributed by atoms with Crippen LogP contribution in [0.15, 0.2) is 41.4 Å². The summed E-state index contributed by atoms with van der Waals surface area (Å²) in [5.74, 6) is 1.48. The van der Waals surface area contributed by atoms with Gasteiger partial charge in [-0.05, 0) is 43.1 Å². The molecule has 9 heteroatoms. The van der Waals surface area contributed by atoms with E-state index in [-0.39, 0.29) is 19.1 Å². The third-order valence-corrected chi connectivity index (χ3v) is 5.53. The van der Waals surface area contributed by atoms with Gasteiger partial charge in [-0.25, -0.2) is 0 Å². The maximum atomic E-state index is 12.8. The van der Waals surface area contributed by atoms with Gasteiger partial charge in [-0.2, -0.15) is 8.78 Å². The van der Waals surface area contributed by atoms with E-state index in [1.165, 1.54) is 37.6 Å². The van der Waals surface area contributed by atoms with E-state index in [4.69, 9.17) is 9.47 Å². The number of aliphatic imine (C=N–C) groups is 1. The summed E-state index contributed by atoms with van der Waals surface area (Å²) in [5, 5.41) is 6.38. The largest absolute Gasteiger partial charge is 0.454 e. The van der Waals surface area contributed by atoms with E-state index in [2.05, 4.69) is 49.5 Å². The standard InChI is InChI=1S/C23H28F2N4O3/c1-26-23(27-12-16-4-6-17(7-5-16)14-29-8-2-3-9-29)28-13-18-10-20-21(31-15-30-20)11-19(18)32-22(24)25/h4-7,10-11,22H,2-3,8-9,12-15H2,1H3,(H2,26,27,28). The molecule has 1 fully saturated rings. The molecule has 0 amide bonds. The number of benzene rings is 2. The van der Waals surface area contributed by atoms with Crippen LogP contribution in [0.5, 0.6) is 17.2 Å². The van der Waals surface area contributed by atoms with Crippen molar-refractivity contribution in [1.29, 1.82) is 0 Å². The van der Waals surface area contributed by atoms with Crippen LogP contribution >= 0.6 is 0 Å². The zero-order valence-corrected chi connectivity index (χ0v) is 18.1. The molecule has 32 heavy (non-hydrogen) atoms. The van der Waals surface area contributed by atoms with Crippen molar-refractivity contribution in [1.82, 2.24) is 15.5 Å². The number of ether oxygens (including phenoxy) is 3. The van der Waals surface area contributed by atoms with Gasteiger partial charge in [0.1, 0.15) is 5.75 Å². The Balaban J connectivity index is 1.31. The first-order chi connectivity index (χ1) is 15.6. The molecule has 2 aromatic rings. The quantitative estimate of drug-likeness (QED) is 0.478. The molecule has 2 heterocycles. The van der Waals surface area contributed by atoms with Crippen molar-refractivity contribution in [2.24, 2.45) is 4.99 Å². The number of nitrogens with zero attached hydrogens (tertiary/aromatic N) is 2. The van der Waals surface area contributed by atoms with Crippen LogP contribution in [0, 0.1) is 0 Å². The maximum absolute atomic E-state index is 12.8.